The summed E-state index contributed by atoms with van der Waals surface area (Å²) in [5, 5.41) is 3.94. The van der Waals surface area contributed by atoms with Gasteiger partial charge in [0.25, 0.3) is 0 Å². The molecule has 0 aliphatic heterocycles. The summed E-state index contributed by atoms with van der Waals surface area (Å²) < 4.78 is 13.7. The van der Waals surface area contributed by atoms with Crippen LogP contribution < -0.4 is 11.1 Å². The molecule has 0 spiro atoms. The number of nitrogens with two attached hydrogens (primary N) is 1. The van der Waals surface area contributed by atoms with E-state index in [-0.39, 0.29) is 17.5 Å². The van der Waals surface area contributed by atoms with Gasteiger partial charge in [-0.05, 0) is 48.9 Å². The fourth-order valence-corrected chi connectivity index (χ4v) is 4.11. The Labute approximate surface area is 163 Å². The number of halogens is 2. The van der Waals surface area contributed by atoms with Crippen molar-refractivity contribution in [3.05, 3.63) is 58.9 Å². The van der Waals surface area contributed by atoms with Crippen molar-refractivity contribution in [1.82, 2.24) is 4.98 Å². The standard InChI is InChI=1S/C18H15ClFN3OS2/c1-10-2-7-13(8-14(10)19)22-15(24)9-25-18-23-16(17(21)26-18)11-3-5-12(20)6-4-11/h2-8H,9,21H2,1H3,(H,22,24). The zero-order valence-electron chi connectivity index (χ0n) is 13.8. The summed E-state index contributed by atoms with van der Waals surface area (Å²) >= 11 is 8.65. The van der Waals surface area contributed by atoms with Crippen molar-refractivity contribution >= 4 is 51.3 Å². The van der Waals surface area contributed by atoms with E-state index in [1.54, 1.807) is 24.3 Å². The number of thioether (sulfide) groups is 1. The third-order valence-corrected chi connectivity index (χ3v) is 5.97. The van der Waals surface area contributed by atoms with E-state index in [1.807, 2.05) is 13.0 Å². The molecule has 0 unspecified atom stereocenters. The lowest BCUT2D eigenvalue weighted by atomic mass is 10.2. The molecule has 1 heterocycles. The Bertz CT molecular complexity index is 944. The predicted molar refractivity (Wildman–Crippen MR) is 107 cm³/mol. The highest BCUT2D eigenvalue weighted by molar-refractivity contribution is 8.01. The number of hydrogen-bond acceptors (Lipinski definition) is 5. The molecule has 0 radical (unpaired) electrons. The van der Waals surface area contributed by atoms with Crippen LogP contribution in [0, 0.1) is 12.7 Å². The van der Waals surface area contributed by atoms with E-state index in [2.05, 4.69) is 10.3 Å². The Morgan fingerprint density at radius 1 is 1.31 bits per heavy atom. The van der Waals surface area contributed by atoms with Gasteiger partial charge in [0.15, 0.2) is 4.34 Å². The zero-order valence-corrected chi connectivity index (χ0v) is 16.1. The maximum absolute atomic E-state index is 13.0. The Hall–Kier alpha value is -2.09. The molecule has 1 aromatic heterocycles. The van der Waals surface area contributed by atoms with Crippen molar-refractivity contribution in [3.8, 4) is 11.3 Å². The van der Waals surface area contributed by atoms with Crippen LogP contribution in [0.2, 0.25) is 5.02 Å². The van der Waals surface area contributed by atoms with Gasteiger partial charge in [-0.1, -0.05) is 40.8 Å². The molecule has 4 nitrogen and oxygen atoms in total. The van der Waals surface area contributed by atoms with E-state index in [0.717, 1.165) is 11.1 Å². The van der Waals surface area contributed by atoms with Gasteiger partial charge in [0.2, 0.25) is 5.91 Å². The second-order valence-corrected chi connectivity index (χ2v) is 8.16. The predicted octanol–water partition coefficient (Wildman–Crippen LogP) is 5.22. The lowest BCUT2D eigenvalue weighted by Gasteiger charge is -2.06. The maximum Gasteiger partial charge on any atom is 0.234 e. The highest BCUT2D eigenvalue weighted by atomic mass is 35.5. The first-order valence-electron chi connectivity index (χ1n) is 7.63. The number of aromatic nitrogens is 1. The number of rotatable bonds is 5. The number of carbonyl (C=O) groups is 1. The maximum atomic E-state index is 13.0. The molecule has 8 heteroatoms. The first kappa shape index (κ1) is 18.7. The van der Waals surface area contributed by atoms with Gasteiger partial charge in [0.05, 0.1) is 5.75 Å². The third kappa shape index (κ3) is 4.55. The van der Waals surface area contributed by atoms with Crippen LogP contribution in [0.15, 0.2) is 46.8 Å². The van der Waals surface area contributed by atoms with Crippen molar-refractivity contribution in [2.75, 3.05) is 16.8 Å². The number of amides is 1. The lowest BCUT2D eigenvalue weighted by Crippen LogP contribution is -2.13. The van der Waals surface area contributed by atoms with E-state index >= 15 is 0 Å². The van der Waals surface area contributed by atoms with E-state index in [9.17, 15) is 9.18 Å². The van der Waals surface area contributed by atoms with Gasteiger partial charge in [-0.3, -0.25) is 4.79 Å². The minimum Gasteiger partial charge on any atom is -0.389 e. The number of nitrogens with one attached hydrogen (secondary N) is 1. The summed E-state index contributed by atoms with van der Waals surface area (Å²) in [6.45, 7) is 1.90. The Morgan fingerprint density at radius 3 is 2.73 bits per heavy atom. The highest BCUT2D eigenvalue weighted by Gasteiger charge is 2.13. The monoisotopic (exact) mass is 407 g/mol. The van der Waals surface area contributed by atoms with Crippen LogP contribution in [-0.2, 0) is 4.79 Å². The molecule has 0 aliphatic rings. The molecule has 0 saturated carbocycles. The molecule has 134 valence electrons. The number of nitrogens with zero attached hydrogens (tertiary/aromatic N) is 1. The molecule has 0 atom stereocenters. The van der Waals surface area contributed by atoms with Crippen LogP contribution in [0.1, 0.15) is 5.56 Å². The minimum atomic E-state index is -0.315. The molecular weight excluding hydrogens is 393 g/mol. The molecule has 0 aliphatic carbocycles. The SMILES string of the molecule is Cc1ccc(NC(=O)CSc2nc(-c3ccc(F)cc3)c(N)s2)cc1Cl. The van der Waals surface area contributed by atoms with Crippen molar-refractivity contribution < 1.29 is 9.18 Å². The van der Waals surface area contributed by atoms with E-state index in [0.29, 0.717) is 25.7 Å². The van der Waals surface area contributed by atoms with Crippen LogP contribution >= 0.6 is 34.7 Å². The van der Waals surface area contributed by atoms with Crippen molar-refractivity contribution in [2.45, 2.75) is 11.3 Å². The fourth-order valence-electron chi connectivity index (χ4n) is 2.18. The quantitative estimate of drug-likeness (QED) is 0.568. The number of carbonyl (C=O) groups excluding carboxylic acids is 1. The number of benzene rings is 2. The van der Waals surface area contributed by atoms with Gasteiger partial charge in [-0.15, -0.1) is 0 Å². The summed E-state index contributed by atoms with van der Waals surface area (Å²) in [5.41, 5.74) is 8.95. The van der Waals surface area contributed by atoms with Crippen LogP contribution in [-0.4, -0.2) is 16.6 Å². The van der Waals surface area contributed by atoms with Gasteiger partial charge in [-0.25, -0.2) is 9.37 Å². The second kappa shape index (κ2) is 8.07. The van der Waals surface area contributed by atoms with Gasteiger partial charge in [-0.2, -0.15) is 0 Å². The summed E-state index contributed by atoms with van der Waals surface area (Å²) in [4.78, 5) is 16.6. The molecular formula is C18H15ClFN3OS2. The molecule has 3 aromatic rings. The van der Waals surface area contributed by atoms with Crippen LogP contribution in [0.5, 0.6) is 0 Å². The van der Waals surface area contributed by atoms with Crippen LogP contribution in [0.4, 0.5) is 15.1 Å². The third-order valence-electron chi connectivity index (χ3n) is 3.53. The molecule has 3 rings (SSSR count). The molecule has 0 bridgehead atoms. The molecule has 3 N–H and O–H groups in total. The molecule has 0 fully saturated rings. The summed E-state index contributed by atoms with van der Waals surface area (Å²) in [5.74, 6) is -0.279. The number of anilines is 2. The van der Waals surface area contributed by atoms with Gasteiger partial charge < -0.3 is 11.1 Å². The number of nitrogen functional groups attached to an aromatic ring is 1. The van der Waals surface area contributed by atoms with Gasteiger partial charge in [0, 0.05) is 16.3 Å². The summed E-state index contributed by atoms with van der Waals surface area (Å²) in [7, 11) is 0. The number of thiazole rings is 1. The largest absolute Gasteiger partial charge is 0.389 e. The van der Waals surface area contributed by atoms with E-state index < -0.39 is 0 Å². The smallest absolute Gasteiger partial charge is 0.234 e. The first-order chi connectivity index (χ1) is 12.4. The number of aryl methyl sites for hydroxylation is 1. The molecule has 26 heavy (non-hydrogen) atoms. The van der Waals surface area contributed by atoms with E-state index in [4.69, 9.17) is 17.3 Å². The molecule has 0 saturated heterocycles. The molecule has 1 amide bonds. The minimum absolute atomic E-state index is 0.160. The number of hydrogen-bond donors (Lipinski definition) is 2. The summed E-state index contributed by atoms with van der Waals surface area (Å²) in [6, 6.07) is 11.3. The average Bonchev–Trinajstić information content (AvgIpc) is 2.98. The highest BCUT2D eigenvalue weighted by Crippen LogP contribution is 2.35. The molecule has 2 aromatic carbocycles. The van der Waals surface area contributed by atoms with Crippen LogP contribution in [0.25, 0.3) is 11.3 Å². The zero-order chi connectivity index (χ0) is 18.7. The fraction of sp³-hybridized carbons (Fsp3) is 0.111. The van der Waals surface area contributed by atoms with Gasteiger partial charge >= 0.3 is 0 Å². The van der Waals surface area contributed by atoms with Crippen molar-refractivity contribution in [3.63, 3.8) is 0 Å². The average molecular weight is 408 g/mol. The first-order valence-corrected chi connectivity index (χ1v) is 9.81. The Morgan fingerprint density at radius 2 is 2.04 bits per heavy atom. The second-order valence-electron chi connectivity index (χ2n) is 5.50. The van der Waals surface area contributed by atoms with Crippen molar-refractivity contribution in [2.24, 2.45) is 0 Å². The van der Waals surface area contributed by atoms with E-state index in [1.165, 1.54) is 35.2 Å². The Kier molecular flexibility index (Phi) is 5.80. The Balaban J connectivity index is 1.62. The summed E-state index contributed by atoms with van der Waals surface area (Å²) in [6.07, 6.45) is 0. The van der Waals surface area contributed by atoms with Crippen molar-refractivity contribution in [1.29, 1.82) is 0 Å². The van der Waals surface area contributed by atoms with Crippen LogP contribution in [0.3, 0.4) is 0 Å². The lowest BCUT2D eigenvalue weighted by molar-refractivity contribution is -0.113. The van der Waals surface area contributed by atoms with Gasteiger partial charge in [0.1, 0.15) is 16.5 Å². The topological polar surface area (TPSA) is 68.0 Å². The normalized spacial score (nSPS) is 10.7.